The fourth-order valence-corrected chi connectivity index (χ4v) is 5.56. The number of amides is 1. The van der Waals surface area contributed by atoms with Crippen molar-refractivity contribution in [1.29, 1.82) is 0 Å². The van der Waals surface area contributed by atoms with Gasteiger partial charge in [-0.3, -0.25) is 14.0 Å². The minimum absolute atomic E-state index is 0.178. The summed E-state index contributed by atoms with van der Waals surface area (Å²) in [5.41, 5.74) is -0.491. The van der Waals surface area contributed by atoms with E-state index in [0.717, 1.165) is 48.4 Å². The highest BCUT2D eigenvalue weighted by Gasteiger charge is 2.34. The van der Waals surface area contributed by atoms with Crippen molar-refractivity contribution in [2.45, 2.75) is 30.0 Å². The number of fused-ring (bicyclic) bond motifs is 1. The predicted octanol–water partition coefficient (Wildman–Crippen LogP) is 3.45. The van der Waals surface area contributed by atoms with Crippen LogP contribution < -0.4 is 4.31 Å². The molecule has 2 aromatic carbocycles. The fourth-order valence-electron chi connectivity index (χ4n) is 4.32. The van der Waals surface area contributed by atoms with E-state index in [-0.39, 0.29) is 11.6 Å². The summed E-state index contributed by atoms with van der Waals surface area (Å²) < 4.78 is 65.9. The first-order valence-electron chi connectivity index (χ1n) is 10.4. The molecular formula is C22H24F3N3O3S. The lowest BCUT2D eigenvalue weighted by Gasteiger charge is -2.37. The molecular weight excluding hydrogens is 443 g/mol. The van der Waals surface area contributed by atoms with Gasteiger partial charge in [0, 0.05) is 38.3 Å². The minimum Gasteiger partial charge on any atom is -0.336 e. The number of halogens is 3. The summed E-state index contributed by atoms with van der Waals surface area (Å²) >= 11 is 0. The molecule has 2 aliphatic rings. The Labute approximate surface area is 185 Å². The summed E-state index contributed by atoms with van der Waals surface area (Å²) in [6.07, 6.45) is -2.47. The Balaban J connectivity index is 1.57. The summed E-state index contributed by atoms with van der Waals surface area (Å²) in [6.45, 7) is 3.12. The van der Waals surface area contributed by atoms with Crippen molar-refractivity contribution in [2.75, 3.05) is 37.5 Å². The van der Waals surface area contributed by atoms with Crippen LogP contribution in [-0.4, -0.2) is 63.4 Å². The van der Waals surface area contributed by atoms with Crippen LogP contribution in [0.5, 0.6) is 0 Å². The Morgan fingerprint density at radius 2 is 1.81 bits per heavy atom. The number of alkyl halides is 3. The molecule has 0 N–H and O–H groups in total. The van der Waals surface area contributed by atoms with Crippen molar-refractivity contribution in [3.63, 3.8) is 0 Å². The number of carbonyl (C=O) groups excluding carboxylic acids is 1. The fraction of sp³-hybridized carbons (Fsp3) is 0.409. The van der Waals surface area contributed by atoms with Crippen LogP contribution in [0.4, 0.5) is 18.9 Å². The number of sulfonamides is 1. The first-order chi connectivity index (χ1) is 15.1. The maximum Gasteiger partial charge on any atom is 0.416 e. The Morgan fingerprint density at radius 3 is 2.56 bits per heavy atom. The molecule has 1 amide bonds. The maximum absolute atomic E-state index is 13.1. The molecule has 2 aromatic rings. The van der Waals surface area contributed by atoms with Crippen molar-refractivity contribution in [3.05, 3.63) is 59.7 Å². The van der Waals surface area contributed by atoms with Crippen LogP contribution >= 0.6 is 0 Å². The third-order valence-corrected chi connectivity index (χ3v) is 7.93. The van der Waals surface area contributed by atoms with Crippen molar-refractivity contribution in [1.82, 2.24) is 9.80 Å². The van der Waals surface area contributed by atoms with Crippen LogP contribution in [0, 0.1) is 0 Å². The zero-order valence-electron chi connectivity index (χ0n) is 17.5. The van der Waals surface area contributed by atoms with Gasteiger partial charge in [-0.15, -0.1) is 0 Å². The molecule has 2 saturated heterocycles. The number of nitrogens with zero attached hydrogens (tertiary/aromatic N) is 3. The molecule has 10 heteroatoms. The lowest BCUT2D eigenvalue weighted by molar-refractivity contribution is -0.137. The van der Waals surface area contributed by atoms with Crippen molar-refractivity contribution in [3.8, 4) is 0 Å². The van der Waals surface area contributed by atoms with Gasteiger partial charge in [0.05, 0.1) is 16.1 Å². The molecule has 0 bridgehead atoms. The van der Waals surface area contributed by atoms with Gasteiger partial charge in [0.1, 0.15) is 0 Å². The highest BCUT2D eigenvalue weighted by Crippen LogP contribution is 2.32. The second-order valence-electron chi connectivity index (χ2n) is 8.13. The van der Waals surface area contributed by atoms with E-state index in [2.05, 4.69) is 4.90 Å². The molecule has 2 fully saturated rings. The second kappa shape index (κ2) is 8.40. The molecule has 0 spiro atoms. The highest BCUT2D eigenvalue weighted by atomic mass is 32.2. The summed E-state index contributed by atoms with van der Waals surface area (Å²) in [5, 5.41) is 0. The zero-order chi connectivity index (χ0) is 23.1. The van der Waals surface area contributed by atoms with Gasteiger partial charge in [-0.2, -0.15) is 13.2 Å². The molecule has 172 valence electrons. The molecule has 32 heavy (non-hydrogen) atoms. The van der Waals surface area contributed by atoms with Crippen LogP contribution in [0.3, 0.4) is 0 Å². The van der Waals surface area contributed by atoms with Crippen molar-refractivity contribution in [2.24, 2.45) is 0 Å². The third kappa shape index (κ3) is 4.33. The Kier molecular flexibility index (Phi) is 5.93. The normalized spacial score (nSPS) is 19.6. The average molecular weight is 468 g/mol. The largest absolute Gasteiger partial charge is 0.416 e. The van der Waals surface area contributed by atoms with Gasteiger partial charge in [-0.25, -0.2) is 8.42 Å². The zero-order valence-corrected chi connectivity index (χ0v) is 18.4. The van der Waals surface area contributed by atoms with E-state index in [0.29, 0.717) is 30.8 Å². The van der Waals surface area contributed by atoms with Gasteiger partial charge in [0.2, 0.25) is 0 Å². The van der Waals surface area contributed by atoms with Gasteiger partial charge in [0.25, 0.3) is 15.9 Å². The third-order valence-electron chi connectivity index (χ3n) is 6.15. The molecule has 0 unspecified atom stereocenters. The second-order valence-corrected chi connectivity index (χ2v) is 10.1. The van der Waals surface area contributed by atoms with Crippen LogP contribution in [0.1, 0.15) is 28.8 Å². The Hall–Kier alpha value is -2.59. The van der Waals surface area contributed by atoms with Crippen LogP contribution in [0.15, 0.2) is 53.4 Å². The Bertz CT molecular complexity index is 1120. The average Bonchev–Trinajstić information content (AvgIpc) is 3.25. The lowest BCUT2D eigenvalue weighted by Crippen LogP contribution is -2.52. The summed E-state index contributed by atoms with van der Waals surface area (Å²) in [7, 11) is -2.99. The first-order valence-corrected chi connectivity index (χ1v) is 11.8. The van der Waals surface area contributed by atoms with E-state index in [1.807, 2.05) is 0 Å². The molecule has 2 heterocycles. The molecule has 6 nitrogen and oxygen atoms in total. The highest BCUT2D eigenvalue weighted by molar-refractivity contribution is 7.92. The maximum atomic E-state index is 13.1. The molecule has 0 radical (unpaired) electrons. The predicted molar refractivity (Wildman–Crippen MR) is 114 cm³/mol. The number of hydrogen-bond acceptors (Lipinski definition) is 4. The number of carbonyl (C=O) groups is 1. The standard InChI is InChI=1S/C22H24F3N3O3S/c1-26(32(30,31)20-9-3-6-17(14-20)22(23,24)25)18-7-2-5-16(13-18)21(29)28-12-11-27-10-4-8-19(27)15-28/h2-3,5-7,9,13-14,19H,4,8,10-12,15H2,1H3/t19-/m1/s1. The Morgan fingerprint density at radius 1 is 1.06 bits per heavy atom. The van der Waals surface area contributed by atoms with E-state index >= 15 is 0 Å². The quantitative estimate of drug-likeness (QED) is 0.691. The summed E-state index contributed by atoms with van der Waals surface area (Å²) in [5.74, 6) is -0.178. The SMILES string of the molecule is CN(c1cccc(C(=O)N2CCN3CCC[C@@H]3C2)c1)S(=O)(=O)c1cccc(C(F)(F)F)c1. The number of piperazine rings is 1. The molecule has 4 rings (SSSR count). The summed E-state index contributed by atoms with van der Waals surface area (Å²) in [4.78, 5) is 16.8. The summed E-state index contributed by atoms with van der Waals surface area (Å²) in [6, 6.07) is 10.2. The monoisotopic (exact) mass is 467 g/mol. The van der Waals surface area contributed by atoms with Crippen LogP contribution in [0.2, 0.25) is 0 Å². The van der Waals surface area contributed by atoms with Crippen molar-refractivity contribution < 1.29 is 26.4 Å². The van der Waals surface area contributed by atoms with Gasteiger partial charge >= 0.3 is 6.18 Å². The molecule has 0 saturated carbocycles. The van der Waals surface area contributed by atoms with Gasteiger partial charge in [0.15, 0.2) is 0 Å². The molecule has 2 aliphatic heterocycles. The number of anilines is 1. The van der Waals surface area contributed by atoms with E-state index in [4.69, 9.17) is 0 Å². The van der Waals surface area contributed by atoms with Crippen LogP contribution in [-0.2, 0) is 16.2 Å². The number of hydrogen-bond donors (Lipinski definition) is 0. The lowest BCUT2D eigenvalue weighted by atomic mass is 10.1. The molecule has 0 aliphatic carbocycles. The van der Waals surface area contributed by atoms with Crippen LogP contribution in [0.25, 0.3) is 0 Å². The first kappa shape index (κ1) is 22.6. The van der Waals surface area contributed by atoms with Gasteiger partial charge in [-0.1, -0.05) is 12.1 Å². The minimum atomic E-state index is -4.65. The van der Waals surface area contributed by atoms with Gasteiger partial charge < -0.3 is 4.90 Å². The van der Waals surface area contributed by atoms with Gasteiger partial charge in [-0.05, 0) is 55.8 Å². The van der Waals surface area contributed by atoms with Crippen molar-refractivity contribution >= 4 is 21.6 Å². The molecule has 0 aromatic heterocycles. The number of rotatable bonds is 4. The van der Waals surface area contributed by atoms with E-state index in [1.165, 1.54) is 19.2 Å². The smallest absolute Gasteiger partial charge is 0.336 e. The van der Waals surface area contributed by atoms with E-state index in [9.17, 15) is 26.4 Å². The van der Waals surface area contributed by atoms with E-state index < -0.39 is 26.7 Å². The topological polar surface area (TPSA) is 60.9 Å². The number of benzene rings is 2. The molecule has 1 atom stereocenters. The van der Waals surface area contributed by atoms with E-state index in [1.54, 1.807) is 17.0 Å².